The first-order valence-electron chi connectivity index (χ1n) is 25.3. The highest BCUT2D eigenvalue weighted by molar-refractivity contribution is 7.47. The van der Waals surface area contributed by atoms with E-state index >= 15 is 0 Å². The lowest BCUT2D eigenvalue weighted by Gasteiger charge is -2.41. The maximum Gasteiger partial charge on any atom is 0.472 e. The summed E-state index contributed by atoms with van der Waals surface area (Å²) in [6.07, 6.45) is 30.2. The number of unbranched alkanes of at least 4 members (excludes halogenated alkanes) is 31. The Morgan fingerprint density at radius 3 is 1.10 bits per heavy atom. The molecule has 1 saturated carbocycles. The fraction of sp³-hybridized carbons (Fsp3) is 0.958. The fourth-order valence-electron chi connectivity index (χ4n) is 8.15. The number of hydrogen-bond acceptors (Lipinski definition) is 12. The summed E-state index contributed by atoms with van der Waals surface area (Å²) in [5.41, 5.74) is 0. The molecule has 1 rings (SSSR count). The van der Waals surface area contributed by atoms with Gasteiger partial charge in [0.2, 0.25) is 0 Å². The Labute approximate surface area is 376 Å². The van der Waals surface area contributed by atoms with Gasteiger partial charge in [-0.2, -0.15) is 0 Å². The van der Waals surface area contributed by atoms with Crippen molar-refractivity contribution in [2.45, 2.75) is 281 Å². The van der Waals surface area contributed by atoms with E-state index in [2.05, 4.69) is 6.92 Å². The van der Waals surface area contributed by atoms with E-state index in [1.54, 1.807) is 6.92 Å². The van der Waals surface area contributed by atoms with Crippen molar-refractivity contribution in [3.8, 4) is 0 Å². The number of ether oxygens (including phenoxy) is 2. The van der Waals surface area contributed by atoms with Crippen LogP contribution in [0.25, 0.3) is 0 Å². The lowest BCUT2D eigenvalue weighted by atomic mass is 9.85. The van der Waals surface area contributed by atoms with Crippen LogP contribution in [0.1, 0.15) is 239 Å². The Bertz CT molecular complexity index is 1100. The largest absolute Gasteiger partial charge is 0.472 e. The third kappa shape index (κ3) is 30.9. The summed E-state index contributed by atoms with van der Waals surface area (Å²) in [5, 5.41) is 49.6. The Balaban J connectivity index is 1.98. The minimum atomic E-state index is -5.08. The second-order valence-corrected chi connectivity index (χ2v) is 19.4. The number of carbonyl (C=O) groups excluding carboxylic acids is 2. The van der Waals surface area contributed by atoms with Crippen molar-refractivity contribution < 1.29 is 63.1 Å². The molecular weight excluding hydrogens is 815 g/mol. The Morgan fingerprint density at radius 2 is 0.758 bits per heavy atom. The van der Waals surface area contributed by atoms with E-state index in [0.29, 0.717) is 12.8 Å². The van der Waals surface area contributed by atoms with Gasteiger partial charge in [0.1, 0.15) is 43.2 Å². The van der Waals surface area contributed by atoms with Crippen molar-refractivity contribution in [1.29, 1.82) is 0 Å². The van der Waals surface area contributed by atoms with Crippen molar-refractivity contribution in [2.24, 2.45) is 0 Å². The van der Waals surface area contributed by atoms with Gasteiger partial charge in [0.25, 0.3) is 0 Å². The molecule has 0 aliphatic heterocycles. The van der Waals surface area contributed by atoms with Crippen molar-refractivity contribution in [2.75, 3.05) is 13.2 Å². The number of hydrogen-bond donors (Lipinski definition) is 6. The van der Waals surface area contributed by atoms with Crippen LogP contribution in [0.15, 0.2) is 0 Å². The number of rotatable bonds is 43. The van der Waals surface area contributed by atoms with Crippen LogP contribution >= 0.6 is 7.82 Å². The van der Waals surface area contributed by atoms with E-state index in [9.17, 15) is 44.6 Å². The van der Waals surface area contributed by atoms with E-state index < -0.39 is 75.7 Å². The predicted molar refractivity (Wildman–Crippen MR) is 244 cm³/mol. The number of aliphatic hydroxyl groups is 5. The second kappa shape index (κ2) is 39.1. The first-order valence-corrected chi connectivity index (χ1v) is 26.8. The van der Waals surface area contributed by atoms with Gasteiger partial charge in [-0.1, -0.05) is 213 Å². The SMILES string of the molecule is CCCCCCCCCCCCCCCCCCCCCCCCCCCCCCCCCCC(=O)OC[C@H](COP(=O)(O)OC1C(O)C(O)C(O)[C@@H](O)C1O)OC(=O)CCC. The van der Waals surface area contributed by atoms with E-state index in [4.69, 9.17) is 18.5 Å². The quantitative estimate of drug-likeness (QED) is 0.0191. The van der Waals surface area contributed by atoms with Crippen LogP contribution in [0, 0.1) is 0 Å². The van der Waals surface area contributed by atoms with E-state index in [0.717, 1.165) is 19.3 Å². The third-order valence-electron chi connectivity index (χ3n) is 12.2. The zero-order chi connectivity index (χ0) is 45.7. The smallest absolute Gasteiger partial charge is 0.462 e. The second-order valence-electron chi connectivity index (χ2n) is 18.0. The third-order valence-corrected chi connectivity index (χ3v) is 13.2. The summed E-state index contributed by atoms with van der Waals surface area (Å²) in [6.45, 7) is 2.87. The lowest BCUT2D eigenvalue weighted by molar-refractivity contribution is -0.220. The highest BCUT2D eigenvalue weighted by atomic mass is 31.2. The van der Waals surface area contributed by atoms with Crippen LogP contribution in [0.4, 0.5) is 0 Å². The van der Waals surface area contributed by atoms with E-state index in [1.807, 2.05) is 0 Å². The number of esters is 2. The molecule has 62 heavy (non-hydrogen) atoms. The van der Waals surface area contributed by atoms with Gasteiger partial charge in [-0.3, -0.25) is 18.6 Å². The number of phosphoric ester groups is 1. The Kier molecular flexibility index (Phi) is 37.1. The van der Waals surface area contributed by atoms with Gasteiger partial charge < -0.3 is 39.9 Å². The summed E-state index contributed by atoms with van der Waals surface area (Å²) < 4.78 is 32.8. The molecule has 0 heterocycles. The van der Waals surface area contributed by atoms with E-state index in [1.165, 1.54) is 180 Å². The van der Waals surface area contributed by atoms with Crippen molar-refractivity contribution in [3.05, 3.63) is 0 Å². The van der Waals surface area contributed by atoms with Crippen LogP contribution < -0.4 is 0 Å². The van der Waals surface area contributed by atoms with Crippen molar-refractivity contribution >= 4 is 19.8 Å². The average Bonchev–Trinajstić information content (AvgIpc) is 3.25. The molecule has 0 aromatic heterocycles. The van der Waals surface area contributed by atoms with Crippen molar-refractivity contribution in [1.82, 2.24) is 0 Å². The molecular formula is C48H93O13P. The molecule has 0 aromatic rings. The van der Waals surface area contributed by atoms with Crippen LogP contribution in [-0.2, 0) is 32.7 Å². The molecule has 6 N–H and O–H groups in total. The lowest BCUT2D eigenvalue weighted by Crippen LogP contribution is -2.64. The molecule has 0 amide bonds. The molecule has 0 radical (unpaired) electrons. The summed E-state index contributed by atoms with van der Waals surface area (Å²) in [4.78, 5) is 34.7. The molecule has 1 aliphatic carbocycles. The number of phosphoric acid groups is 1. The maximum atomic E-state index is 12.6. The van der Waals surface area contributed by atoms with Gasteiger partial charge in [0, 0.05) is 12.8 Å². The van der Waals surface area contributed by atoms with Gasteiger partial charge in [0.05, 0.1) is 6.61 Å². The monoisotopic (exact) mass is 909 g/mol. The summed E-state index contributed by atoms with van der Waals surface area (Å²) in [5.74, 6) is -1.15. The maximum absolute atomic E-state index is 12.6. The van der Waals surface area contributed by atoms with Gasteiger partial charge in [-0.05, 0) is 12.8 Å². The molecule has 6 unspecified atom stereocenters. The highest BCUT2D eigenvalue weighted by Gasteiger charge is 2.51. The van der Waals surface area contributed by atoms with Gasteiger partial charge in [-0.25, -0.2) is 4.57 Å². The molecule has 0 aromatic carbocycles. The first-order chi connectivity index (χ1) is 29.9. The zero-order valence-corrected chi connectivity index (χ0v) is 40.1. The van der Waals surface area contributed by atoms with Gasteiger partial charge >= 0.3 is 19.8 Å². The Morgan fingerprint density at radius 1 is 0.435 bits per heavy atom. The minimum absolute atomic E-state index is 0.0516. The van der Waals surface area contributed by atoms with Crippen LogP contribution in [0.5, 0.6) is 0 Å². The first kappa shape index (κ1) is 58.9. The topological polar surface area (TPSA) is 210 Å². The average molecular weight is 909 g/mol. The van der Waals surface area contributed by atoms with Gasteiger partial charge in [-0.15, -0.1) is 0 Å². The van der Waals surface area contributed by atoms with Crippen LogP contribution in [0.3, 0.4) is 0 Å². The minimum Gasteiger partial charge on any atom is -0.462 e. The molecule has 13 nitrogen and oxygen atoms in total. The molecule has 368 valence electrons. The van der Waals surface area contributed by atoms with E-state index in [-0.39, 0.29) is 12.8 Å². The fourth-order valence-corrected chi connectivity index (χ4v) is 9.12. The van der Waals surface area contributed by atoms with Gasteiger partial charge in [0.15, 0.2) is 6.10 Å². The normalized spacial score (nSPS) is 21.7. The summed E-state index contributed by atoms with van der Waals surface area (Å²) in [7, 11) is -5.08. The van der Waals surface area contributed by atoms with Crippen LogP contribution in [0.2, 0.25) is 0 Å². The number of carbonyl (C=O) groups is 2. The van der Waals surface area contributed by atoms with Crippen molar-refractivity contribution in [3.63, 3.8) is 0 Å². The molecule has 0 saturated heterocycles. The highest BCUT2D eigenvalue weighted by Crippen LogP contribution is 2.47. The molecule has 14 heteroatoms. The Hall–Kier alpha value is -1.15. The molecule has 1 aliphatic rings. The predicted octanol–water partition coefficient (Wildman–Crippen LogP) is 10.5. The molecule has 8 atom stereocenters. The summed E-state index contributed by atoms with van der Waals surface area (Å²) in [6, 6.07) is 0. The number of aliphatic hydroxyl groups excluding tert-OH is 5. The molecule has 0 spiro atoms. The zero-order valence-electron chi connectivity index (χ0n) is 39.2. The molecule has 0 bridgehead atoms. The standard InChI is InChI=1S/C48H93O13P/c1-3-5-6-7-8-9-10-11-12-13-14-15-16-17-18-19-20-21-22-23-24-25-26-27-28-29-30-31-32-33-34-35-37-41(49)58-38-40(60-42(50)36-4-2)39-59-62(56,57)61-48-46(54)44(52)43(51)45(53)47(48)55/h40,43-48,51-55H,3-39H2,1-2H3,(H,56,57)/t40-,43?,44-,45?,46?,47?,48?/m1/s1. The van der Waals surface area contributed by atoms with Crippen LogP contribution in [-0.4, -0.2) is 98.3 Å². The summed E-state index contributed by atoms with van der Waals surface area (Å²) >= 11 is 0. The molecule has 1 fully saturated rings.